The van der Waals surface area contributed by atoms with Crippen LogP contribution in [0.4, 0.5) is 17.1 Å². The molecule has 61 heavy (non-hydrogen) atoms. The largest absolute Gasteiger partial charge is 0.456 e. The standard InChI is InChI=1S/C58H38N2O/c1-4-14-39(15-5-1)41-24-29-45(30-25-41)59(46-31-26-42(27-32-46)40-16-6-2-7-17-40)47-33-35-56-53(37-47)58-50-22-11-10-20-48(50)51(38-57(58)61-56)43-28-34-55-52(36-43)49-21-12-13-23-54(49)60(55)44-18-8-3-9-19-44/h1-38H. The highest BCUT2D eigenvalue weighted by Crippen LogP contribution is 2.45. The van der Waals surface area contributed by atoms with Crippen LogP contribution in [0.3, 0.4) is 0 Å². The molecule has 2 heterocycles. The van der Waals surface area contributed by atoms with Gasteiger partial charge >= 0.3 is 0 Å². The van der Waals surface area contributed by atoms with E-state index in [9.17, 15) is 0 Å². The Hall–Kier alpha value is -8.14. The molecule has 0 spiro atoms. The van der Waals surface area contributed by atoms with Gasteiger partial charge in [-0.1, -0.05) is 152 Å². The van der Waals surface area contributed by atoms with Crippen LogP contribution in [0.2, 0.25) is 0 Å². The summed E-state index contributed by atoms with van der Waals surface area (Å²) in [5, 5.41) is 7.03. The van der Waals surface area contributed by atoms with Gasteiger partial charge in [-0.3, -0.25) is 0 Å². The fraction of sp³-hybridized carbons (Fsp3) is 0. The third-order valence-corrected chi connectivity index (χ3v) is 12.2. The molecule has 0 fully saturated rings. The molecule has 0 amide bonds. The van der Waals surface area contributed by atoms with Gasteiger partial charge in [0.25, 0.3) is 0 Å². The summed E-state index contributed by atoms with van der Waals surface area (Å²) in [7, 11) is 0. The first-order chi connectivity index (χ1) is 30.2. The van der Waals surface area contributed by atoms with Gasteiger partial charge in [0.2, 0.25) is 0 Å². The Kier molecular flexibility index (Phi) is 8.17. The second kappa shape index (κ2) is 14.3. The predicted molar refractivity (Wildman–Crippen MR) is 257 cm³/mol. The summed E-state index contributed by atoms with van der Waals surface area (Å²) >= 11 is 0. The van der Waals surface area contributed by atoms with Gasteiger partial charge < -0.3 is 13.9 Å². The van der Waals surface area contributed by atoms with Crippen LogP contribution in [-0.4, -0.2) is 4.57 Å². The topological polar surface area (TPSA) is 21.3 Å². The summed E-state index contributed by atoms with van der Waals surface area (Å²) < 4.78 is 9.16. The number of hydrogen-bond donors (Lipinski definition) is 0. The van der Waals surface area contributed by atoms with Gasteiger partial charge in [-0.05, 0) is 123 Å². The van der Waals surface area contributed by atoms with E-state index in [1.165, 1.54) is 54.8 Å². The monoisotopic (exact) mass is 778 g/mol. The van der Waals surface area contributed by atoms with Crippen molar-refractivity contribution < 1.29 is 4.42 Å². The second-order valence-electron chi connectivity index (χ2n) is 15.7. The predicted octanol–water partition coefficient (Wildman–Crippen LogP) is 16.3. The van der Waals surface area contributed by atoms with Crippen LogP contribution in [0.15, 0.2) is 235 Å². The summed E-state index contributed by atoms with van der Waals surface area (Å²) in [6, 6.07) is 82.7. The van der Waals surface area contributed by atoms with E-state index >= 15 is 0 Å². The number of aromatic nitrogens is 1. The Balaban J connectivity index is 1.01. The number of furan rings is 1. The normalized spacial score (nSPS) is 11.6. The fourth-order valence-electron chi connectivity index (χ4n) is 9.32. The lowest BCUT2D eigenvalue weighted by Crippen LogP contribution is -2.09. The molecule has 12 aromatic rings. The molecule has 286 valence electrons. The van der Waals surface area contributed by atoms with Crippen molar-refractivity contribution in [3.8, 4) is 39.1 Å². The number of anilines is 3. The van der Waals surface area contributed by atoms with Gasteiger partial charge in [-0.25, -0.2) is 0 Å². The van der Waals surface area contributed by atoms with E-state index in [0.717, 1.165) is 55.8 Å². The molecular formula is C58H38N2O. The third-order valence-electron chi connectivity index (χ3n) is 12.2. The molecule has 0 atom stereocenters. The van der Waals surface area contributed by atoms with E-state index in [-0.39, 0.29) is 0 Å². The molecule has 10 aromatic carbocycles. The van der Waals surface area contributed by atoms with Crippen molar-refractivity contribution in [1.82, 2.24) is 4.57 Å². The molecule has 0 saturated carbocycles. The first kappa shape index (κ1) is 34.9. The molecule has 0 saturated heterocycles. The summed E-state index contributed by atoms with van der Waals surface area (Å²) in [5.74, 6) is 0. The zero-order chi connectivity index (χ0) is 40.3. The van der Waals surface area contributed by atoms with E-state index in [1.807, 2.05) is 0 Å². The molecular weight excluding hydrogens is 741 g/mol. The minimum atomic E-state index is 0.862. The smallest absolute Gasteiger partial charge is 0.136 e. The highest BCUT2D eigenvalue weighted by molar-refractivity contribution is 6.23. The maximum absolute atomic E-state index is 6.80. The molecule has 3 heteroatoms. The fourth-order valence-corrected chi connectivity index (χ4v) is 9.32. The van der Waals surface area contributed by atoms with Crippen molar-refractivity contribution >= 4 is 71.6 Å². The number of nitrogens with zero attached hydrogens (tertiary/aromatic N) is 2. The van der Waals surface area contributed by atoms with Crippen molar-refractivity contribution in [2.45, 2.75) is 0 Å². The summed E-state index contributed by atoms with van der Waals surface area (Å²) in [6.45, 7) is 0. The molecule has 0 aliphatic heterocycles. The first-order valence-electron chi connectivity index (χ1n) is 20.8. The van der Waals surface area contributed by atoms with Gasteiger partial charge in [0, 0.05) is 44.3 Å². The van der Waals surface area contributed by atoms with Gasteiger partial charge in [-0.15, -0.1) is 0 Å². The molecule has 0 radical (unpaired) electrons. The van der Waals surface area contributed by atoms with Crippen molar-refractivity contribution in [3.05, 3.63) is 231 Å². The van der Waals surface area contributed by atoms with Crippen LogP contribution in [0.5, 0.6) is 0 Å². The zero-order valence-corrected chi connectivity index (χ0v) is 33.2. The second-order valence-corrected chi connectivity index (χ2v) is 15.7. The molecule has 3 nitrogen and oxygen atoms in total. The van der Waals surface area contributed by atoms with Crippen molar-refractivity contribution in [1.29, 1.82) is 0 Å². The van der Waals surface area contributed by atoms with Gasteiger partial charge in [-0.2, -0.15) is 0 Å². The van der Waals surface area contributed by atoms with Crippen molar-refractivity contribution in [3.63, 3.8) is 0 Å². The third kappa shape index (κ3) is 5.90. The lowest BCUT2D eigenvalue weighted by molar-refractivity contribution is 0.669. The molecule has 0 N–H and O–H groups in total. The Morgan fingerprint density at radius 1 is 0.311 bits per heavy atom. The molecule has 12 rings (SSSR count). The van der Waals surface area contributed by atoms with Crippen LogP contribution in [-0.2, 0) is 0 Å². The minimum absolute atomic E-state index is 0.862. The van der Waals surface area contributed by atoms with Crippen LogP contribution in [0.1, 0.15) is 0 Å². The molecule has 2 aromatic heterocycles. The lowest BCUT2D eigenvalue weighted by atomic mass is 9.94. The van der Waals surface area contributed by atoms with E-state index < -0.39 is 0 Å². The van der Waals surface area contributed by atoms with Crippen LogP contribution in [0, 0.1) is 0 Å². The van der Waals surface area contributed by atoms with Gasteiger partial charge in [0.15, 0.2) is 0 Å². The highest BCUT2D eigenvalue weighted by atomic mass is 16.3. The van der Waals surface area contributed by atoms with Crippen molar-refractivity contribution in [2.24, 2.45) is 0 Å². The number of hydrogen-bond acceptors (Lipinski definition) is 2. The summed E-state index contributed by atoms with van der Waals surface area (Å²) in [6.07, 6.45) is 0. The Morgan fingerprint density at radius 2 is 0.820 bits per heavy atom. The summed E-state index contributed by atoms with van der Waals surface area (Å²) in [5.41, 5.74) is 15.6. The average molecular weight is 779 g/mol. The number of fused-ring (bicyclic) bond motifs is 8. The molecule has 0 bridgehead atoms. The molecule has 0 aliphatic rings. The minimum Gasteiger partial charge on any atom is -0.456 e. The van der Waals surface area contributed by atoms with E-state index in [4.69, 9.17) is 4.42 Å². The van der Waals surface area contributed by atoms with Crippen LogP contribution < -0.4 is 4.90 Å². The Labute approximate surface area is 353 Å². The maximum Gasteiger partial charge on any atom is 0.136 e. The first-order valence-corrected chi connectivity index (χ1v) is 20.8. The molecule has 0 aliphatic carbocycles. The maximum atomic E-state index is 6.80. The molecule has 0 unspecified atom stereocenters. The zero-order valence-electron chi connectivity index (χ0n) is 33.2. The van der Waals surface area contributed by atoms with Crippen molar-refractivity contribution in [2.75, 3.05) is 4.90 Å². The Morgan fingerprint density at radius 3 is 1.48 bits per heavy atom. The number of para-hydroxylation sites is 2. The van der Waals surface area contributed by atoms with E-state index in [2.05, 4.69) is 240 Å². The van der Waals surface area contributed by atoms with Gasteiger partial charge in [0.05, 0.1) is 11.0 Å². The van der Waals surface area contributed by atoms with E-state index in [1.54, 1.807) is 0 Å². The van der Waals surface area contributed by atoms with Gasteiger partial charge in [0.1, 0.15) is 11.2 Å². The summed E-state index contributed by atoms with van der Waals surface area (Å²) in [4.78, 5) is 2.35. The van der Waals surface area contributed by atoms with Crippen LogP contribution in [0.25, 0.3) is 93.6 Å². The highest BCUT2D eigenvalue weighted by Gasteiger charge is 2.20. The quantitative estimate of drug-likeness (QED) is 0.161. The SMILES string of the molecule is c1ccc(-c2ccc(N(c3ccc(-c4ccccc4)cc3)c3ccc4oc5cc(-c6ccc7c(c6)c6ccccc6n7-c6ccccc6)c6ccccc6c5c4c3)cc2)cc1. The Bertz CT molecular complexity index is 3470. The van der Waals surface area contributed by atoms with Crippen LogP contribution >= 0.6 is 0 Å². The number of rotatable bonds is 7. The van der Waals surface area contributed by atoms with E-state index in [0.29, 0.717) is 0 Å². The lowest BCUT2D eigenvalue weighted by Gasteiger charge is -2.26. The average Bonchev–Trinajstić information content (AvgIpc) is 3.88. The number of benzene rings is 10.